The van der Waals surface area contributed by atoms with Gasteiger partial charge in [0.15, 0.2) is 0 Å². The van der Waals surface area contributed by atoms with E-state index in [9.17, 15) is 35.9 Å². The largest absolute Gasteiger partial charge is 0.573 e. The zero-order valence-corrected chi connectivity index (χ0v) is 38.4. The van der Waals surface area contributed by atoms with Gasteiger partial charge in [-0.15, -0.1) is 26.3 Å². The highest BCUT2D eigenvalue weighted by Crippen LogP contribution is 2.28. The van der Waals surface area contributed by atoms with Crippen molar-refractivity contribution in [2.45, 2.75) is 58.3 Å². The van der Waals surface area contributed by atoms with Crippen LogP contribution in [0.1, 0.15) is 41.8 Å². The second kappa shape index (κ2) is 21.9. The van der Waals surface area contributed by atoms with Crippen molar-refractivity contribution in [3.63, 3.8) is 0 Å². The van der Waals surface area contributed by atoms with Gasteiger partial charge in [-0.05, 0) is 125 Å². The van der Waals surface area contributed by atoms with Crippen LogP contribution in [0.3, 0.4) is 0 Å². The molecule has 2 aliphatic rings. The van der Waals surface area contributed by atoms with E-state index < -0.39 is 12.7 Å². The third kappa shape index (κ3) is 14.5. The van der Waals surface area contributed by atoms with Gasteiger partial charge in [0.25, 0.3) is 0 Å². The van der Waals surface area contributed by atoms with Crippen LogP contribution in [-0.2, 0) is 16.0 Å². The fraction of sp³-hybridized carbons (Fsp3) is 0.347. The lowest BCUT2D eigenvalue weighted by molar-refractivity contribution is -0.275. The van der Waals surface area contributed by atoms with Crippen LogP contribution in [0, 0.1) is 13.8 Å². The lowest BCUT2D eigenvalue weighted by atomic mass is 10.0. The van der Waals surface area contributed by atoms with Gasteiger partial charge >= 0.3 is 12.7 Å². The number of hydrogen-bond acceptors (Lipinski definition) is 12. The van der Waals surface area contributed by atoms with Gasteiger partial charge in [-0.1, -0.05) is 24.3 Å². The topological polar surface area (TPSA) is 150 Å². The number of anilines is 4. The Balaban J connectivity index is 0.000000205. The number of benzene rings is 4. The normalized spacial score (nSPS) is 14.8. The molecule has 4 heterocycles. The Morgan fingerprint density at radius 1 is 0.696 bits per heavy atom. The number of carbonyl (C=O) groups excluding carboxylic acids is 2. The van der Waals surface area contributed by atoms with Gasteiger partial charge < -0.3 is 40.1 Å². The Labute approximate surface area is 394 Å². The Bertz CT molecular complexity index is 2760. The molecule has 2 saturated heterocycles. The summed E-state index contributed by atoms with van der Waals surface area (Å²) in [5.41, 5.74) is 5.83. The Morgan fingerprint density at radius 3 is 1.70 bits per heavy atom. The number of hydrogen-bond donors (Lipinski definition) is 3. The monoisotopic (exact) mass is 958 g/mol. The number of nitrogens with zero attached hydrogens (tertiary/aromatic N) is 7. The fourth-order valence-corrected chi connectivity index (χ4v) is 7.89. The van der Waals surface area contributed by atoms with Crippen LogP contribution in [0.2, 0.25) is 0 Å². The quantitative estimate of drug-likeness (QED) is 0.0795. The predicted octanol–water partition coefficient (Wildman–Crippen LogP) is 8.84. The van der Waals surface area contributed by atoms with E-state index in [1.54, 1.807) is 6.07 Å². The summed E-state index contributed by atoms with van der Waals surface area (Å²) in [7, 11) is 4.23. The lowest BCUT2D eigenvalue weighted by Crippen LogP contribution is -2.44. The second-order valence-electron chi connectivity index (χ2n) is 16.8. The fourth-order valence-electron chi connectivity index (χ4n) is 7.89. The second-order valence-corrected chi connectivity index (χ2v) is 16.8. The molecule has 3 N–H and O–H groups in total. The molecule has 8 rings (SSSR count). The van der Waals surface area contributed by atoms with E-state index in [2.05, 4.69) is 64.2 Å². The molecule has 4 aromatic carbocycles. The SMILES string of the molecule is Cc1nc(N2CCC(N(C)C)CC2)nc2ccc(NC(=O)CCc3ccc(OC(F)(F)F)cc3)cc12.Cc1nc(N2CCNCC2)nc2ccc(NC(=O)/C=C/c3ccc(OC(F)(F)F)cc3)cc12. The highest BCUT2D eigenvalue weighted by molar-refractivity contribution is 6.03. The first-order valence-corrected chi connectivity index (χ1v) is 22.3. The van der Waals surface area contributed by atoms with E-state index in [1.165, 1.54) is 60.7 Å². The maximum atomic E-state index is 12.5. The van der Waals surface area contributed by atoms with E-state index in [4.69, 9.17) is 9.97 Å². The summed E-state index contributed by atoms with van der Waals surface area (Å²) in [6.45, 7) is 9.17. The summed E-state index contributed by atoms with van der Waals surface area (Å²) in [5.74, 6) is 0.266. The van der Waals surface area contributed by atoms with E-state index in [0.29, 0.717) is 35.3 Å². The first kappa shape index (κ1) is 49.8. The van der Waals surface area contributed by atoms with Crippen molar-refractivity contribution in [2.75, 3.05) is 73.8 Å². The summed E-state index contributed by atoms with van der Waals surface area (Å²) in [6.07, 6.45) is -3.94. The number of fused-ring (bicyclic) bond motifs is 2. The summed E-state index contributed by atoms with van der Waals surface area (Å²) < 4.78 is 81.2. The summed E-state index contributed by atoms with van der Waals surface area (Å²) in [6, 6.07) is 22.3. The molecule has 20 heteroatoms. The smallest absolute Gasteiger partial charge is 0.406 e. The molecule has 0 saturated carbocycles. The number of nitrogens with one attached hydrogen (secondary N) is 3. The first-order valence-electron chi connectivity index (χ1n) is 22.3. The highest BCUT2D eigenvalue weighted by Gasteiger charge is 2.32. The summed E-state index contributed by atoms with van der Waals surface area (Å²) in [5, 5.41) is 10.7. The van der Waals surface area contributed by atoms with Crippen LogP contribution >= 0.6 is 0 Å². The van der Waals surface area contributed by atoms with Crippen LogP contribution in [0.15, 0.2) is 91.0 Å². The van der Waals surface area contributed by atoms with Crippen LogP contribution in [0.4, 0.5) is 49.6 Å². The Morgan fingerprint density at radius 2 is 1.19 bits per heavy atom. The van der Waals surface area contributed by atoms with Gasteiger partial charge in [0.05, 0.1) is 22.4 Å². The molecular weight excluding hydrogens is 907 g/mol. The van der Waals surface area contributed by atoms with Crippen LogP contribution < -0.4 is 35.2 Å². The van der Waals surface area contributed by atoms with Gasteiger partial charge in [-0.3, -0.25) is 9.59 Å². The number of carbonyl (C=O) groups is 2. The molecule has 6 aromatic rings. The standard InChI is InChI=1S/C26H30F3N5O2.C23H22F3N5O2/c1-17-22-16-19(31-24(35)11-6-18-4-8-21(9-5-18)36-26(27,28)29)7-10-23(22)32-25(30-17)34-14-12-20(13-15-34)33(2)3;1-15-19-14-17(5-8-20(19)30-22(28-15)31-12-10-27-11-13-31)29-21(32)9-4-16-2-6-18(7-3-16)33-23(24,25)26/h4-5,7-10,16,20H,6,11-15H2,1-3H3,(H,31,35);2-9,14,27H,10-13H2,1H3,(H,29,32)/b;9-4+. The van der Waals surface area contributed by atoms with Crippen molar-refractivity contribution >= 4 is 63.0 Å². The van der Waals surface area contributed by atoms with E-state index in [-0.39, 0.29) is 29.7 Å². The molecule has 0 unspecified atom stereocenters. The highest BCUT2D eigenvalue weighted by atomic mass is 19.4. The van der Waals surface area contributed by atoms with Crippen LogP contribution in [-0.4, -0.2) is 109 Å². The minimum atomic E-state index is -4.74. The molecule has 2 fully saturated rings. The molecule has 364 valence electrons. The number of halogens is 6. The predicted molar refractivity (Wildman–Crippen MR) is 253 cm³/mol. The van der Waals surface area contributed by atoms with Gasteiger partial charge in [0.1, 0.15) is 11.5 Å². The summed E-state index contributed by atoms with van der Waals surface area (Å²) >= 11 is 0. The van der Waals surface area contributed by atoms with Crippen molar-refractivity contribution in [3.05, 3.63) is 114 Å². The van der Waals surface area contributed by atoms with Gasteiger partial charge in [0.2, 0.25) is 23.7 Å². The first-order chi connectivity index (χ1) is 32.8. The van der Waals surface area contributed by atoms with E-state index >= 15 is 0 Å². The number of piperidine rings is 1. The molecule has 69 heavy (non-hydrogen) atoms. The Kier molecular flexibility index (Phi) is 15.8. The number of aryl methyl sites for hydroxylation is 3. The number of alkyl halides is 6. The zero-order valence-electron chi connectivity index (χ0n) is 38.4. The minimum absolute atomic E-state index is 0.189. The molecule has 2 amide bonds. The average molecular weight is 959 g/mol. The third-order valence-electron chi connectivity index (χ3n) is 11.5. The molecule has 0 spiro atoms. The minimum Gasteiger partial charge on any atom is -0.406 e. The molecule has 0 radical (unpaired) electrons. The lowest BCUT2D eigenvalue weighted by Gasteiger charge is -2.35. The van der Waals surface area contributed by atoms with Gasteiger partial charge in [-0.2, -0.15) is 0 Å². The van der Waals surface area contributed by atoms with Crippen LogP contribution in [0.25, 0.3) is 27.9 Å². The van der Waals surface area contributed by atoms with Crippen molar-refractivity contribution in [3.8, 4) is 11.5 Å². The molecule has 0 aliphatic carbocycles. The van der Waals surface area contributed by atoms with Gasteiger partial charge in [0, 0.05) is 80.0 Å². The zero-order chi connectivity index (χ0) is 49.3. The third-order valence-corrected chi connectivity index (χ3v) is 11.5. The Hall–Kier alpha value is -7.06. The maximum absolute atomic E-state index is 12.5. The van der Waals surface area contributed by atoms with Crippen molar-refractivity contribution in [1.82, 2.24) is 30.2 Å². The average Bonchev–Trinajstić information content (AvgIpc) is 3.31. The van der Waals surface area contributed by atoms with Crippen molar-refractivity contribution < 1.29 is 45.4 Å². The molecule has 2 aliphatic heterocycles. The molecule has 2 aromatic heterocycles. The van der Waals surface area contributed by atoms with E-state index in [1.807, 2.05) is 44.2 Å². The summed E-state index contributed by atoms with van der Waals surface area (Å²) in [4.78, 5) is 50.2. The van der Waals surface area contributed by atoms with E-state index in [0.717, 1.165) is 96.8 Å². The molecule has 0 atom stereocenters. The van der Waals surface area contributed by atoms with Crippen LogP contribution in [0.5, 0.6) is 11.5 Å². The number of piperazine rings is 1. The number of aromatic nitrogens is 4. The number of amides is 2. The van der Waals surface area contributed by atoms with Gasteiger partial charge in [-0.25, -0.2) is 19.9 Å². The maximum Gasteiger partial charge on any atom is 0.573 e. The molecule has 14 nitrogen and oxygen atoms in total. The number of ether oxygens (including phenoxy) is 2. The number of rotatable bonds is 12. The van der Waals surface area contributed by atoms with Crippen molar-refractivity contribution in [1.29, 1.82) is 0 Å². The molecule has 0 bridgehead atoms. The van der Waals surface area contributed by atoms with Crippen molar-refractivity contribution in [2.24, 2.45) is 0 Å². The molecular formula is C49H52F6N10O4.